The van der Waals surface area contributed by atoms with Crippen LogP contribution in [-0.4, -0.2) is 16.3 Å². The highest BCUT2D eigenvalue weighted by molar-refractivity contribution is 7.21. The topological polar surface area (TPSA) is 45.5 Å². The number of para-hydroxylation sites is 2. The van der Waals surface area contributed by atoms with Crippen molar-refractivity contribution >= 4 is 33.5 Å². The van der Waals surface area contributed by atoms with E-state index in [2.05, 4.69) is 110 Å². The van der Waals surface area contributed by atoms with Gasteiger partial charge < -0.3 is 5.11 Å². The third-order valence-electron chi connectivity index (χ3n) is 7.39. The summed E-state index contributed by atoms with van der Waals surface area (Å²) in [6.07, 6.45) is 1.80. The first kappa shape index (κ1) is 27.8. The van der Waals surface area contributed by atoms with Crippen molar-refractivity contribution in [3.05, 3.63) is 101 Å². The highest BCUT2D eigenvalue weighted by atomic mass is 32.1. The van der Waals surface area contributed by atoms with Crippen LogP contribution in [-0.2, 0) is 10.8 Å². The van der Waals surface area contributed by atoms with Crippen molar-refractivity contribution in [2.75, 3.05) is 0 Å². The third kappa shape index (κ3) is 5.46. The number of hydrogen-bond donors (Lipinski definition) is 1. The first-order chi connectivity index (χ1) is 18.8. The van der Waals surface area contributed by atoms with E-state index < -0.39 is 0 Å². The molecule has 204 valence electrons. The normalized spacial score (nSPS) is 12.5. The molecule has 1 heterocycles. The van der Waals surface area contributed by atoms with Crippen molar-refractivity contribution in [1.82, 2.24) is 4.98 Å². The van der Waals surface area contributed by atoms with Gasteiger partial charge in [-0.3, -0.25) is 4.99 Å². The summed E-state index contributed by atoms with van der Waals surface area (Å²) in [5.74, 6) is 0.292. The van der Waals surface area contributed by atoms with E-state index in [4.69, 9.17) is 9.98 Å². The SMILES string of the molecule is Cc1ccc(C)c(-c2cccc3sc(-c4ccccc4N=Cc4cc(C(C)(C)C)cc(C(C)(C)C)c4O)nc23)c1. The first-order valence-corrected chi connectivity index (χ1v) is 14.6. The molecule has 5 rings (SSSR count). The molecule has 0 aliphatic heterocycles. The van der Waals surface area contributed by atoms with E-state index in [0.29, 0.717) is 5.75 Å². The number of thiazole rings is 1. The molecule has 4 aromatic carbocycles. The lowest BCUT2D eigenvalue weighted by Gasteiger charge is -2.27. The number of benzene rings is 4. The molecule has 0 unspecified atom stereocenters. The average Bonchev–Trinajstić information content (AvgIpc) is 3.33. The van der Waals surface area contributed by atoms with Gasteiger partial charge >= 0.3 is 0 Å². The molecular formula is C36H38N2OS. The van der Waals surface area contributed by atoms with Crippen molar-refractivity contribution in [2.45, 2.75) is 66.2 Å². The molecule has 0 saturated carbocycles. The number of phenols is 1. The van der Waals surface area contributed by atoms with Gasteiger partial charge in [-0.1, -0.05) is 95.6 Å². The second-order valence-corrected chi connectivity index (χ2v) is 13.8. The summed E-state index contributed by atoms with van der Waals surface area (Å²) in [6, 6.07) is 25.3. The van der Waals surface area contributed by atoms with Gasteiger partial charge in [0.2, 0.25) is 0 Å². The molecule has 0 aliphatic carbocycles. The molecule has 0 atom stereocenters. The van der Waals surface area contributed by atoms with Gasteiger partial charge in [0.25, 0.3) is 0 Å². The van der Waals surface area contributed by atoms with Crippen LogP contribution in [0.3, 0.4) is 0 Å². The average molecular weight is 547 g/mol. The molecule has 1 aromatic heterocycles. The minimum absolute atomic E-state index is 0.0530. The van der Waals surface area contributed by atoms with Gasteiger partial charge in [-0.05, 0) is 65.6 Å². The highest BCUT2D eigenvalue weighted by Crippen LogP contribution is 2.41. The van der Waals surface area contributed by atoms with Gasteiger partial charge in [-0.2, -0.15) is 0 Å². The van der Waals surface area contributed by atoms with E-state index >= 15 is 0 Å². The van der Waals surface area contributed by atoms with Gasteiger partial charge in [0.15, 0.2) is 0 Å². The van der Waals surface area contributed by atoms with Crippen molar-refractivity contribution in [2.24, 2.45) is 4.99 Å². The third-order valence-corrected chi connectivity index (χ3v) is 8.45. The molecule has 0 radical (unpaired) electrons. The zero-order valence-corrected chi connectivity index (χ0v) is 25.6. The Morgan fingerprint density at radius 2 is 1.50 bits per heavy atom. The quantitative estimate of drug-likeness (QED) is 0.228. The molecule has 4 heteroatoms. The summed E-state index contributed by atoms with van der Waals surface area (Å²) in [4.78, 5) is 10.1. The smallest absolute Gasteiger partial charge is 0.128 e. The predicted molar refractivity (Wildman–Crippen MR) is 173 cm³/mol. The molecule has 0 aliphatic rings. The molecular weight excluding hydrogens is 508 g/mol. The molecule has 0 fully saturated rings. The molecule has 3 nitrogen and oxygen atoms in total. The summed E-state index contributed by atoms with van der Waals surface area (Å²) in [6.45, 7) is 17.3. The van der Waals surface area contributed by atoms with Gasteiger partial charge in [-0.15, -0.1) is 11.3 Å². The van der Waals surface area contributed by atoms with E-state index in [1.165, 1.54) is 22.3 Å². The Labute approximate surface area is 242 Å². The summed E-state index contributed by atoms with van der Waals surface area (Å²) in [5, 5.41) is 12.2. The summed E-state index contributed by atoms with van der Waals surface area (Å²) >= 11 is 1.69. The van der Waals surface area contributed by atoms with E-state index in [0.717, 1.165) is 43.2 Å². The maximum atomic E-state index is 11.3. The molecule has 0 saturated heterocycles. The lowest BCUT2D eigenvalue weighted by atomic mass is 9.79. The van der Waals surface area contributed by atoms with Gasteiger partial charge in [0.05, 0.1) is 15.9 Å². The Balaban J connectivity index is 1.61. The Kier molecular flexibility index (Phi) is 7.18. The number of aliphatic imine (C=N–C) groups is 1. The number of aromatic hydroxyl groups is 1. The Morgan fingerprint density at radius 3 is 2.23 bits per heavy atom. The molecule has 0 spiro atoms. The van der Waals surface area contributed by atoms with Crippen LogP contribution in [0.2, 0.25) is 0 Å². The van der Waals surface area contributed by atoms with E-state index in [9.17, 15) is 5.11 Å². The maximum Gasteiger partial charge on any atom is 0.128 e. The number of aryl methyl sites for hydroxylation is 2. The zero-order chi connectivity index (χ0) is 28.8. The van der Waals surface area contributed by atoms with Crippen LogP contribution in [0.25, 0.3) is 31.9 Å². The van der Waals surface area contributed by atoms with Crippen LogP contribution in [0.1, 0.15) is 69.4 Å². The molecule has 0 bridgehead atoms. The minimum Gasteiger partial charge on any atom is -0.507 e. The lowest BCUT2D eigenvalue weighted by molar-refractivity contribution is 0.444. The number of rotatable bonds is 4. The van der Waals surface area contributed by atoms with Crippen molar-refractivity contribution in [3.63, 3.8) is 0 Å². The summed E-state index contributed by atoms with van der Waals surface area (Å²) in [7, 11) is 0. The van der Waals surface area contributed by atoms with Crippen LogP contribution < -0.4 is 0 Å². The van der Waals surface area contributed by atoms with Gasteiger partial charge in [0, 0.05) is 28.5 Å². The fourth-order valence-electron chi connectivity index (χ4n) is 4.97. The number of phenolic OH excluding ortho intramolecular Hbond substituents is 1. The Hall–Kier alpha value is -3.76. The Bertz CT molecular complexity index is 1750. The van der Waals surface area contributed by atoms with Crippen LogP contribution >= 0.6 is 11.3 Å². The molecule has 40 heavy (non-hydrogen) atoms. The van der Waals surface area contributed by atoms with Gasteiger partial charge in [-0.25, -0.2) is 4.98 Å². The summed E-state index contributed by atoms with van der Waals surface area (Å²) < 4.78 is 1.15. The fraction of sp³-hybridized carbons (Fsp3) is 0.278. The van der Waals surface area contributed by atoms with E-state index in [-0.39, 0.29) is 10.8 Å². The predicted octanol–water partition coefficient (Wildman–Crippen LogP) is 10.3. The van der Waals surface area contributed by atoms with E-state index in [1.807, 2.05) is 18.2 Å². The highest BCUT2D eigenvalue weighted by Gasteiger charge is 2.24. The fourth-order valence-corrected chi connectivity index (χ4v) is 6.00. The molecule has 5 aromatic rings. The minimum atomic E-state index is -0.194. The van der Waals surface area contributed by atoms with E-state index in [1.54, 1.807) is 17.6 Å². The van der Waals surface area contributed by atoms with Crippen LogP contribution in [0, 0.1) is 13.8 Å². The zero-order valence-electron chi connectivity index (χ0n) is 24.8. The monoisotopic (exact) mass is 546 g/mol. The number of aromatic nitrogens is 1. The van der Waals surface area contributed by atoms with Crippen LogP contribution in [0.15, 0.2) is 77.8 Å². The Morgan fingerprint density at radius 1 is 0.775 bits per heavy atom. The number of fused-ring (bicyclic) bond motifs is 1. The van der Waals surface area contributed by atoms with Crippen LogP contribution in [0.5, 0.6) is 5.75 Å². The first-order valence-electron chi connectivity index (χ1n) is 13.8. The standard InChI is InChI=1S/C36H38N2OS/c1-22-16-17-23(2)28(18-22)26-13-11-15-31-32(26)38-34(40-31)27-12-9-10-14-30(27)37-21-24-19-25(35(3,4)5)20-29(33(24)39)36(6,7)8/h9-21,39H,1-8H3. The lowest BCUT2D eigenvalue weighted by Crippen LogP contribution is -2.17. The van der Waals surface area contributed by atoms with Gasteiger partial charge in [0.1, 0.15) is 10.8 Å². The molecule has 0 amide bonds. The van der Waals surface area contributed by atoms with Crippen molar-refractivity contribution in [3.8, 4) is 27.4 Å². The second kappa shape index (κ2) is 10.3. The van der Waals surface area contributed by atoms with Crippen molar-refractivity contribution in [1.29, 1.82) is 0 Å². The number of hydrogen-bond acceptors (Lipinski definition) is 4. The largest absolute Gasteiger partial charge is 0.507 e. The number of nitrogens with zero attached hydrogens (tertiary/aromatic N) is 2. The maximum absolute atomic E-state index is 11.3. The second-order valence-electron chi connectivity index (χ2n) is 12.7. The van der Waals surface area contributed by atoms with Crippen molar-refractivity contribution < 1.29 is 5.11 Å². The molecule has 1 N–H and O–H groups in total. The van der Waals surface area contributed by atoms with Crippen LogP contribution in [0.4, 0.5) is 5.69 Å². The summed E-state index contributed by atoms with van der Waals surface area (Å²) in [5.41, 5.74) is 10.3.